The van der Waals surface area contributed by atoms with Crippen molar-refractivity contribution < 1.29 is 19.1 Å². The zero-order valence-corrected chi connectivity index (χ0v) is 17.3. The van der Waals surface area contributed by atoms with E-state index in [0.29, 0.717) is 5.92 Å². The molecule has 0 spiro atoms. The van der Waals surface area contributed by atoms with Gasteiger partial charge in [-0.15, -0.1) is 0 Å². The first kappa shape index (κ1) is 21.7. The lowest BCUT2D eigenvalue weighted by atomic mass is 9.70. The van der Waals surface area contributed by atoms with Crippen molar-refractivity contribution in [3.63, 3.8) is 0 Å². The molecule has 154 valence electrons. The Labute approximate surface area is 163 Å². The number of imide groups is 1. The molecule has 6 heteroatoms. The largest absolute Gasteiger partial charge is 0.452 e. The summed E-state index contributed by atoms with van der Waals surface area (Å²) in [7, 11) is 0. The average molecular weight is 381 g/mol. The molecule has 27 heavy (non-hydrogen) atoms. The summed E-state index contributed by atoms with van der Waals surface area (Å²) in [5.74, 6) is -0.418. The first-order valence-electron chi connectivity index (χ1n) is 10.5. The monoisotopic (exact) mass is 380 g/mol. The SMILES string of the molecule is C[C@H](OC(=O)C1CCC(C(C)(C)C)CC1)C(=O)NC(=O)NC1CCCCC1. The van der Waals surface area contributed by atoms with Crippen molar-refractivity contribution in [3.05, 3.63) is 0 Å². The van der Waals surface area contributed by atoms with Gasteiger partial charge in [0.2, 0.25) is 0 Å². The molecule has 0 heterocycles. The lowest BCUT2D eigenvalue weighted by Gasteiger charge is -2.36. The van der Waals surface area contributed by atoms with E-state index in [1.165, 1.54) is 13.3 Å². The molecule has 0 radical (unpaired) electrons. The van der Waals surface area contributed by atoms with Gasteiger partial charge in [-0.3, -0.25) is 14.9 Å². The van der Waals surface area contributed by atoms with Gasteiger partial charge < -0.3 is 10.1 Å². The summed E-state index contributed by atoms with van der Waals surface area (Å²) < 4.78 is 5.33. The van der Waals surface area contributed by atoms with Gasteiger partial charge in [-0.2, -0.15) is 0 Å². The molecule has 0 aliphatic heterocycles. The van der Waals surface area contributed by atoms with Gasteiger partial charge in [0.25, 0.3) is 5.91 Å². The van der Waals surface area contributed by atoms with Crippen LogP contribution in [0.3, 0.4) is 0 Å². The lowest BCUT2D eigenvalue weighted by molar-refractivity contribution is -0.160. The van der Waals surface area contributed by atoms with E-state index in [1.54, 1.807) is 0 Å². The van der Waals surface area contributed by atoms with Crippen LogP contribution in [0.15, 0.2) is 0 Å². The van der Waals surface area contributed by atoms with Crippen LogP contribution in [0.2, 0.25) is 0 Å². The van der Waals surface area contributed by atoms with Gasteiger partial charge in [-0.25, -0.2) is 4.79 Å². The molecule has 2 fully saturated rings. The van der Waals surface area contributed by atoms with Gasteiger partial charge in [0.1, 0.15) is 0 Å². The van der Waals surface area contributed by atoms with Crippen LogP contribution in [-0.4, -0.2) is 30.1 Å². The standard InChI is InChI=1S/C21H36N2O4/c1-14(18(24)23-20(26)22-17-8-6-5-7-9-17)27-19(25)15-10-12-16(13-11-15)21(2,3)4/h14-17H,5-13H2,1-4H3,(H2,22,23,24,26)/t14-,15?,16?/m0/s1. The number of urea groups is 1. The number of ether oxygens (including phenoxy) is 1. The highest BCUT2D eigenvalue weighted by molar-refractivity contribution is 5.97. The molecule has 1 atom stereocenters. The number of carbonyl (C=O) groups is 3. The molecule has 2 saturated carbocycles. The Hall–Kier alpha value is -1.59. The van der Waals surface area contributed by atoms with Crippen LogP contribution in [-0.2, 0) is 14.3 Å². The van der Waals surface area contributed by atoms with Gasteiger partial charge in [0, 0.05) is 6.04 Å². The molecule has 0 aromatic rings. The third-order valence-electron chi connectivity index (χ3n) is 6.12. The summed E-state index contributed by atoms with van der Waals surface area (Å²) in [6.45, 7) is 8.23. The van der Waals surface area contributed by atoms with E-state index in [4.69, 9.17) is 4.74 Å². The molecule has 0 aromatic carbocycles. The normalized spacial score (nSPS) is 25.3. The average Bonchev–Trinajstić information content (AvgIpc) is 2.61. The third kappa shape index (κ3) is 6.82. The minimum absolute atomic E-state index is 0.127. The number of carbonyl (C=O) groups excluding carboxylic acids is 3. The van der Waals surface area contributed by atoms with Crippen molar-refractivity contribution in [2.45, 2.75) is 97.6 Å². The second-order valence-electron chi connectivity index (χ2n) is 9.29. The van der Waals surface area contributed by atoms with Gasteiger partial charge in [0.05, 0.1) is 5.92 Å². The second-order valence-corrected chi connectivity index (χ2v) is 9.29. The summed E-state index contributed by atoms with van der Waals surface area (Å²) in [5.41, 5.74) is 0.258. The van der Waals surface area contributed by atoms with Crippen molar-refractivity contribution in [3.8, 4) is 0 Å². The highest BCUT2D eigenvalue weighted by Crippen LogP contribution is 2.40. The van der Waals surface area contributed by atoms with E-state index in [9.17, 15) is 14.4 Å². The van der Waals surface area contributed by atoms with E-state index >= 15 is 0 Å². The summed E-state index contributed by atoms with van der Waals surface area (Å²) in [5, 5.41) is 5.12. The molecule has 6 nitrogen and oxygen atoms in total. The molecule has 2 aliphatic carbocycles. The van der Waals surface area contributed by atoms with Crippen LogP contribution in [0.25, 0.3) is 0 Å². The summed E-state index contributed by atoms with van der Waals surface area (Å²) in [6, 6.07) is -0.372. The van der Waals surface area contributed by atoms with Crippen LogP contribution >= 0.6 is 0 Å². The lowest BCUT2D eigenvalue weighted by Crippen LogP contribution is -2.48. The summed E-state index contributed by atoms with van der Waals surface area (Å²) in [6.07, 6.45) is 7.95. The van der Waals surface area contributed by atoms with Gasteiger partial charge in [0.15, 0.2) is 6.10 Å². The minimum atomic E-state index is -0.963. The quantitative estimate of drug-likeness (QED) is 0.724. The highest BCUT2D eigenvalue weighted by atomic mass is 16.5. The van der Waals surface area contributed by atoms with Crippen molar-refractivity contribution >= 4 is 17.9 Å². The molecule has 0 unspecified atom stereocenters. The molecular weight excluding hydrogens is 344 g/mol. The van der Waals surface area contributed by atoms with E-state index in [-0.39, 0.29) is 23.3 Å². The number of rotatable bonds is 4. The van der Waals surface area contributed by atoms with E-state index in [0.717, 1.165) is 51.4 Å². The van der Waals surface area contributed by atoms with Gasteiger partial charge in [-0.1, -0.05) is 40.0 Å². The molecule has 2 N–H and O–H groups in total. The Morgan fingerprint density at radius 2 is 1.52 bits per heavy atom. The van der Waals surface area contributed by atoms with Crippen molar-refractivity contribution in [1.82, 2.24) is 10.6 Å². The first-order chi connectivity index (χ1) is 12.7. The minimum Gasteiger partial charge on any atom is -0.452 e. The first-order valence-corrected chi connectivity index (χ1v) is 10.5. The fourth-order valence-electron chi connectivity index (χ4n) is 4.20. The maximum Gasteiger partial charge on any atom is 0.321 e. The van der Waals surface area contributed by atoms with E-state index in [2.05, 4.69) is 31.4 Å². The van der Waals surface area contributed by atoms with Crippen LogP contribution in [0, 0.1) is 17.3 Å². The molecule has 2 rings (SSSR count). The Morgan fingerprint density at radius 1 is 0.926 bits per heavy atom. The van der Waals surface area contributed by atoms with E-state index in [1.807, 2.05) is 0 Å². The van der Waals surface area contributed by atoms with Crippen molar-refractivity contribution in [2.24, 2.45) is 17.3 Å². The Bertz CT molecular complexity index is 527. The molecule has 0 aromatic heterocycles. The summed E-state index contributed by atoms with van der Waals surface area (Å²) >= 11 is 0. The predicted octanol–water partition coefficient (Wildman–Crippen LogP) is 3.93. The van der Waals surface area contributed by atoms with Crippen molar-refractivity contribution in [2.75, 3.05) is 0 Å². The van der Waals surface area contributed by atoms with E-state index < -0.39 is 18.0 Å². The molecule has 3 amide bonds. The third-order valence-corrected chi connectivity index (χ3v) is 6.12. The zero-order chi connectivity index (χ0) is 20.0. The van der Waals surface area contributed by atoms with Crippen molar-refractivity contribution in [1.29, 1.82) is 0 Å². The molecular formula is C21H36N2O4. The summed E-state index contributed by atoms with van der Waals surface area (Å²) in [4.78, 5) is 36.5. The smallest absolute Gasteiger partial charge is 0.321 e. The van der Waals surface area contributed by atoms with Crippen LogP contribution in [0.1, 0.15) is 85.5 Å². The fourth-order valence-corrected chi connectivity index (χ4v) is 4.20. The number of hydrogen-bond donors (Lipinski definition) is 2. The van der Waals surface area contributed by atoms with Crippen LogP contribution in [0.5, 0.6) is 0 Å². The Balaban J connectivity index is 1.72. The Kier molecular flexibility index (Phi) is 7.68. The predicted molar refractivity (Wildman–Crippen MR) is 104 cm³/mol. The van der Waals surface area contributed by atoms with Crippen LogP contribution in [0.4, 0.5) is 4.79 Å². The highest BCUT2D eigenvalue weighted by Gasteiger charge is 2.34. The molecule has 0 saturated heterocycles. The number of esters is 1. The maximum absolute atomic E-state index is 12.4. The van der Waals surface area contributed by atoms with Gasteiger partial charge >= 0.3 is 12.0 Å². The zero-order valence-electron chi connectivity index (χ0n) is 17.3. The fraction of sp³-hybridized carbons (Fsp3) is 0.857. The number of nitrogens with one attached hydrogen (secondary N) is 2. The van der Waals surface area contributed by atoms with Crippen LogP contribution < -0.4 is 10.6 Å². The second kappa shape index (κ2) is 9.56. The molecule has 0 bridgehead atoms. The topological polar surface area (TPSA) is 84.5 Å². The Morgan fingerprint density at radius 3 is 2.07 bits per heavy atom. The molecule has 2 aliphatic rings. The number of hydrogen-bond acceptors (Lipinski definition) is 4. The maximum atomic E-state index is 12.4. The number of amides is 3. The van der Waals surface area contributed by atoms with Gasteiger partial charge in [-0.05, 0) is 56.8 Å².